The van der Waals surface area contributed by atoms with E-state index in [0.717, 1.165) is 0 Å². The van der Waals surface area contributed by atoms with Crippen molar-refractivity contribution in [3.8, 4) is 0 Å². The van der Waals surface area contributed by atoms with E-state index in [1.54, 1.807) is 0 Å². The molecule has 8 nitrogen and oxygen atoms in total. The Morgan fingerprint density at radius 3 is 2.52 bits per heavy atom. The van der Waals surface area contributed by atoms with E-state index < -0.39 is 20.2 Å². The van der Waals surface area contributed by atoms with Gasteiger partial charge in [-0.3, -0.25) is 14.8 Å². The Bertz CT molecular complexity index is 822. The van der Waals surface area contributed by atoms with E-state index in [4.69, 9.17) is 11.6 Å². The molecule has 2 aromatic rings. The maximum absolute atomic E-state index is 11.8. The third kappa shape index (κ3) is 3.19. The maximum Gasteiger partial charge on any atom is 0.271 e. The highest BCUT2D eigenvalue weighted by Crippen LogP contribution is 2.25. The highest BCUT2D eigenvalue weighted by Gasteiger charge is 2.19. The molecule has 0 saturated heterocycles. The topological polar surface area (TPSA) is 115 Å². The van der Waals surface area contributed by atoms with Gasteiger partial charge < -0.3 is 0 Å². The second-order valence-corrected chi connectivity index (χ2v) is 7.08. The van der Waals surface area contributed by atoms with Crippen molar-refractivity contribution in [2.45, 2.75) is 19.1 Å². The third-order valence-corrected chi connectivity index (χ3v) is 4.66. The number of nitro benzene ring substituents is 1. The Morgan fingerprint density at radius 1 is 1.29 bits per heavy atom. The third-order valence-electron chi connectivity index (χ3n) is 2.68. The van der Waals surface area contributed by atoms with Gasteiger partial charge in [-0.25, -0.2) is 18.4 Å². The van der Waals surface area contributed by atoms with Crippen LogP contribution in [0.5, 0.6) is 0 Å². The molecule has 21 heavy (non-hydrogen) atoms. The lowest BCUT2D eigenvalue weighted by atomic mass is 10.2. The summed E-state index contributed by atoms with van der Waals surface area (Å²) in [5.74, 6) is -0.105. The smallest absolute Gasteiger partial charge is 0.265 e. The van der Waals surface area contributed by atoms with Crippen LogP contribution in [0.15, 0.2) is 18.2 Å². The van der Waals surface area contributed by atoms with Crippen LogP contribution < -0.4 is 4.72 Å². The molecule has 0 radical (unpaired) electrons. The van der Waals surface area contributed by atoms with E-state index in [1.807, 2.05) is 0 Å². The van der Waals surface area contributed by atoms with Gasteiger partial charge in [0.1, 0.15) is 0 Å². The summed E-state index contributed by atoms with van der Waals surface area (Å²) < 4.78 is 25.9. The van der Waals surface area contributed by atoms with E-state index in [1.165, 1.54) is 32.0 Å². The van der Waals surface area contributed by atoms with Gasteiger partial charge in [0.15, 0.2) is 11.0 Å². The van der Waals surface area contributed by atoms with E-state index in [2.05, 4.69) is 14.7 Å². The van der Waals surface area contributed by atoms with E-state index in [0.29, 0.717) is 5.52 Å². The number of sulfonamides is 1. The number of anilines is 1. The van der Waals surface area contributed by atoms with Gasteiger partial charge in [0, 0.05) is 12.1 Å². The lowest BCUT2D eigenvalue weighted by Gasteiger charge is -2.11. The molecule has 112 valence electrons. The van der Waals surface area contributed by atoms with Crippen LogP contribution in [0.1, 0.15) is 13.8 Å². The van der Waals surface area contributed by atoms with Gasteiger partial charge in [-0.2, -0.15) is 0 Å². The summed E-state index contributed by atoms with van der Waals surface area (Å²) in [5, 5.41) is 9.85. The van der Waals surface area contributed by atoms with Crippen LogP contribution in [0.25, 0.3) is 11.0 Å². The van der Waals surface area contributed by atoms with Crippen molar-refractivity contribution < 1.29 is 13.3 Å². The average Bonchev–Trinajstić information content (AvgIpc) is 2.38. The molecule has 0 amide bonds. The van der Waals surface area contributed by atoms with Crippen molar-refractivity contribution in [3.63, 3.8) is 0 Å². The first-order chi connectivity index (χ1) is 9.70. The zero-order chi connectivity index (χ0) is 15.8. The van der Waals surface area contributed by atoms with Crippen LogP contribution in [0.4, 0.5) is 11.5 Å². The molecule has 0 aliphatic heterocycles. The SMILES string of the molecule is CC(C)S(=O)(=O)Nc1nc2ccc([N+](=O)[O-])cc2nc1Cl. The Hall–Kier alpha value is -2.00. The largest absolute Gasteiger partial charge is 0.271 e. The maximum atomic E-state index is 11.8. The van der Waals surface area contributed by atoms with E-state index >= 15 is 0 Å². The van der Waals surface area contributed by atoms with Crippen LogP contribution >= 0.6 is 11.6 Å². The molecule has 1 N–H and O–H groups in total. The molecule has 0 atom stereocenters. The molecule has 1 heterocycles. The number of hydrogen-bond donors (Lipinski definition) is 1. The molecule has 0 aliphatic carbocycles. The minimum Gasteiger partial charge on any atom is -0.265 e. The lowest BCUT2D eigenvalue weighted by molar-refractivity contribution is -0.384. The number of aromatic nitrogens is 2. The zero-order valence-electron chi connectivity index (χ0n) is 11.1. The summed E-state index contributed by atoms with van der Waals surface area (Å²) in [6, 6.07) is 3.85. The first-order valence-corrected chi connectivity index (χ1v) is 7.76. The molecular weight excluding hydrogens is 320 g/mol. The molecule has 2 rings (SSSR count). The first kappa shape index (κ1) is 15.4. The van der Waals surface area contributed by atoms with Crippen LogP contribution in [0.3, 0.4) is 0 Å². The van der Waals surface area contributed by atoms with Crippen LogP contribution in [-0.2, 0) is 10.0 Å². The molecule has 1 aromatic carbocycles. The summed E-state index contributed by atoms with van der Waals surface area (Å²) in [6.45, 7) is 3.02. The van der Waals surface area contributed by atoms with Crippen molar-refractivity contribution in [2.24, 2.45) is 0 Å². The summed E-state index contributed by atoms with van der Waals surface area (Å²) in [7, 11) is -3.61. The fourth-order valence-corrected chi connectivity index (χ4v) is 2.34. The predicted octanol–water partition coefficient (Wildman–Crippen LogP) is 2.34. The molecule has 0 saturated carbocycles. The van der Waals surface area contributed by atoms with Crippen molar-refractivity contribution >= 4 is 44.2 Å². The minimum atomic E-state index is -3.61. The Kier molecular flexibility index (Phi) is 3.97. The fourth-order valence-electron chi connectivity index (χ4n) is 1.45. The number of non-ortho nitro benzene ring substituents is 1. The molecule has 0 bridgehead atoms. The molecule has 0 unspecified atom stereocenters. The quantitative estimate of drug-likeness (QED) is 0.679. The van der Waals surface area contributed by atoms with Crippen LogP contribution in [0.2, 0.25) is 5.15 Å². The summed E-state index contributed by atoms with van der Waals surface area (Å²) in [4.78, 5) is 18.1. The Labute approximate surface area is 125 Å². The normalized spacial score (nSPS) is 11.8. The number of benzene rings is 1. The summed E-state index contributed by atoms with van der Waals surface area (Å²) in [5.41, 5.74) is 0.358. The minimum absolute atomic E-state index is 0.105. The highest BCUT2D eigenvalue weighted by atomic mass is 35.5. The van der Waals surface area contributed by atoms with Gasteiger partial charge in [-0.05, 0) is 19.9 Å². The van der Waals surface area contributed by atoms with Crippen LogP contribution in [-0.4, -0.2) is 28.6 Å². The highest BCUT2D eigenvalue weighted by molar-refractivity contribution is 7.93. The Morgan fingerprint density at radius 2 is 1.95 bits per heavy atom. The predicted molar refractivity (Wildman–Crippen MR) is 78.9 cm³/mol. The number of nitrogens with one attached hydrogen (secondary N) is 1. The molecule has 0 aliphatic rings. The number of hydrogen-bond acceptors (Lipinski definition) is 6. The van der Waals surface area contributed by atoms with Crippen molar-refractivity contribution in [3.05, 3.63) is 33.5 Å². The molecule has 0 spiro atoms. The first-order valence-electron chi connectivity index (χ1n) is 5.84. The molecule has 10 heteroatoms. The summed E-state index contributed by atoms with van der Waals surface area (Å²) >= 11 is 5.88. The standard InChI is InChI=1S/C11H11ClN4O4S/c1-6(2)21(19,20)15-11-10(12)13-9-5-7(16(17)18)3-4-8(9)14-11/h3-6H,1-2H3,(H,14,15). The van der Waals surface area contributed by atoms with Gasteiger partial charge in [0.25, 0.3) is 5.69 Å². The van der Waals surface area contributed by atoms with Gasteiger partial charge >= 0.3 is 0 Å². The Balaban J connectivity index is 2.51. The number of rotatable bonds is 4. The molecule has 0 fully saturated rings. The number of fused-ring (bicyclic) bond motifs is 1. The average molecular weight is 331 g/mol. The lowest BCUT2D eigenvalue weighted by Crippen LogP contribution is -2.23. The summed E-state index contributed by atoms with van der Waals surface area (Å²) in [6.07, 6.45) is 0. The number of nitro groups is 1. The monoisotopic (exact) mass is 330 g/mol. The second kappa shape index (κ2) is 5.41. The second-order valence-electron chi connectivity index (χ2n) is 4.49. The van der Waals surface area contributed by atoms with Gasteiger partial charge in [-0.15, -0.1) is 0 Å². The van der Waals surface area contributed by atoms with Gasteiger partial charge in [0.05, 0.1) is 21.2 Å². The van der Waals surface area contributed by atoms with Gasteiger partial charge in [-0.1, -0.05) is 11.6 Å². The van der Waals surface area contributed by atoms with E-state index in [-0.39, 0.29) is 22.2 Å². The molecule has 1 aromatic heterocycles. The van der Waals surface area contributed by atoms with Crippen LogP contribution in [0, 0.1) is 10.1 Å². The molecular formula is C11H11ClN4O4S. The van der Waals surface area contributed by atoms with Crippen molar-refractivity contribution in [1.82, 2.24) is 9.97 Å². The number of halogens is 1. The van der Waals surface area contributed by atoms with Crippen molar-refractivity contribution in [2.75, 3.05) is 4.72 Å². The fraction of sp³-hybridized carbons (Fsp3) is 0.273. The van der Waals surface area contributed by atoms with E-state index in [9.17, 15) is 18.5 Å². The zero-order valence-corrected chi connectivity index (χ0v) is 12.6. The number of nitrogens with zero attached hydrogens (tertiary/aromatic N) is 3. The van der Waals surface area contributed by atoms with Crippen molar-refractivity contribution in [1.29, 1.82) is 0 Å². The van der Waals surface area contributed by atoms with Gasteiger partial charge in [0.2, 0.25) is 10.0 Å².